The van der Waals surface area contributed by atoms with Gasteiger partial charge in [0.2, 0.25) is 0 Å². The number of hydrogen-bond acceptors (Lipinski definition) is 3. The highest BCUT2D eigenvalue weighted by Gasteiger charge is 2.10. The average Bonchev–Trinajstić information content (AvgIpc) is 2.55. The fourth-order valence-corrected chi connectivity index (χ4v) is 1.54. The van der Waals surface area contributed by atoms with Gasteiger partial charge in [-0.05, 0) is 5.92 Å². The third-order valence-corrected chi connectivity index (χ3v) is 2.21. The molecule has 4 heteroatoms. The maximum atomic E-state index is 8.40. The predicted octanol–water partition coefficient (Wildman–Crippen LogP) is 1.55. The summed E-state index contributed by atoms with van der Waals surface area (Å²) in [6.07, 6.45) is 2.59. The molecule has 15 heavy (non-hydrogen) atoms. The molecule has 0 aliphatic carbocycles. The first-order valence-electron chi connectivity index (χ1n) is 5.25. The van der Waals surface area contributed by atoms with E-state index in [2.05, 4.69) is 30.3 Å². The Kier molecular flexibility index (Phi) is 4.32. The minimum absolute atomic E-state index is 0.443. The number of nitriles is 1. The summed E-state index contributed by atoms with van der Waals surface area (Å²) in [5.41, 5.74) is 2.37. The topological polar surface area (TPSA) is 53.6 Å². The van der Waals surface area contributed by atoms with E-state index in [1.165, 1.54) is 5.56 Å². The van der Waals surface area contributed by atoms with Crippen LogP contribution in [0, 0.1) is 11.3 Å². The first-order chi connectivity index (χ1) is 7.15. The van der Waals surface area contributed by atoms with Crippen LogP contribution in [0.3, 0.4) is 0 Å². The molecule has 0 aromatic carbocycles. The van der Waals surface area contributed by atoms with Crippen molar-refractivity contribution in [3.05, 3.63) is 17.5 Å². The molecule has 1 N–H and O–H groups in total. The Morgan fingerprint density at radius 2 is 2.33 bits per heavy atom. The van der Waals surface area contributed by atoms with Crippen molar-refractivity contribution in [2.45, 2.75) is 32.7 Å². The second kappa shape index (κ2) is 5.52. The highest BCUT2D eigenvalue weighted by molar-refractivity contribution is 5.19. The predicted molar refractivity (Wildman–Crippen MR) is 59.2 cm³/mol. The number of aromatic nitrogens is 2. The molecule has 0 spiro atoms. The Bertz CT molecular complexity index is 346. The average molecular weight is 206 g/mol. The summed E-state index contributed by atoms with van der Waals surface area (Å²) >= 11 is 0. The summed E-state index contributed by atoms with van der Waals surface area (Å²) in [5, 5.41) is 16.1. The van der Waals surface area contributed by atoms with Gasteiger partial charge in [0.1, 0.15) is 0 Å². The number of nitrogens with zero attached hydrogens (tertiary/aromatic N) is 3. The third-order valence-electron chi connectivity index (χ3n) is 2.21. The molecule has 0 atom stereocenters. The smallest absolute Gasteiger partial charge is 0.0694 e. The van der Waals surface area contributed by atoms with Gasteiger partial charge < -0.3 is 5.32 Å². The van der Waals surface area contributed by atoms with Crippen molar-refractivity contribution in [1.82, 2.24) is 15.1 Å². The Morgan fingerprint density at radius 3 is 2.93 bits per heavy atom. The second-order valence-electron chi connectivity index (χ2n) is 3.95. The Hall–Kier alpha value is -1.34. The fourth-order valence-electron chi connectivity index (χ4n) is 1.54. The minimum Gasteiger partial charge on any atom is -0.312 e. The van der Waals surface area contributed by atoms with E-state index in [-0.39, 0.29) is 0 Å². The zero-order chi connectivity index (χ0) is 11.3. The molecule has 0 aliphatic heterocycles. The van der Waals surface area contributed by atoms with Crippen molar-refractivity contribution < 1.29 is 0 Å². The molecule has 0 aliphatic rings. The largest absolute Gasteiger partial charge is 0.312 e. The van der Waals surface area contributed by atoms with E-state index in [0.29, 0.717) is 12.3 Å². The van der Waals surface area contributed by atoms with Crippen LogP contribution in [0.5, 0.6) is 0 Å². The molecular formula is C11H18N4. The zero-order valence-corrected chi connectivity index (χ0v) is 9.62. The summed E-state index contributed by atoms with van der Waals surface area (Å²) in [7, 11) is 1.94. The SMILES string of the molecule is CC(C)c1nn(C)cc1CNCCC#N. The van der Waals surface area contributed by atoms with Crippen molar-refractivity contribution in [1.29, 1.82) is 5.26 Å². The van der Waals surface area contributed by atoms with E-state index < -0.39 is 0 Å². The van der Waals surface area contributed by atoms with Crippen LogP contribution < -0.4 is 5.32 Å². The van der Waals surface area contributed by atoms with Gasteiger partial charge in [-0.2, -0.15) is 10.4 Å². The molecule has 0 fully saturated rings. The molecule has 1 aromatic heterocycles. The molecule has 0 saturated carbocycles. The standard InChI is InChI=1S/C11H18N4/c1-9(2)11-10(8-15(3)14-11)7-13-6-4-5-12/h8-9,13H,4,6-7H2,1-3H3. The van der Waals surface area contributed by atoms with Gasteiger partial charge in [-0.1, -0.05) is 13.8 Å². The van der Waals surface area contributed by atoms with Gasteiger partial charge in [0.05, 0.1) is 11.8 Å². The summed E-state index contributed by atoms with van der Waals surface area (Å²) < 4.78 is 1.84. The highest BCUT2D eigenvalue weighted by Crippen LogP contribution is 2.16. The summed E-state index contributed by atoms with van der Waals surface area (Å²) in [4.78, 5) is 0. The lowest BCUT2D eigenvalue weighted by atomic mass is 10.1. The van der Waals surface area contributed by atoms with Crippen LogP contribution in [0.15, 0.2) is 6.20 Å². The highest BCUT2D eigenvalue weighted by atomic mass is 15.3. The number of hydrogen-bond donors (Lipinski definition) is 1. The lowest BCUT2D eigenvalue weighted by molar-refractivity contribution is 0.683. The lowest BCUT2D eigenvalue weighted by Gasteiger charge is -2.05. The molecule has 1 aromatic rings. The van der Waals surface area contributed by atoms with Crippen LogP contribution in [-0.4, -0.2) is 16.3 Å². The first-order valence-corrected chi connectivity index (χ1v) is 5.25. The Balaban J connectivity index is 2.56. The van der Waals surface area contributed by atoms with Gasteiger partial charge in [0, 0.05) is 38.3 Å². The number of rotatable bonds is 5. The van der Waals surface area contributed by atoms with Crippen LogP contribution in [0.1, 0.15) is 37.4 Å². The van der Waals surface area contributed by atoms with E-state index in [4.69, 9.17) is 5.26 Å². The van der Waals surface area contributed by atoms with Crippen LogP contribution in [0.2, 0.25) is 0 Å². The number of aryl methyl sites for hydroxylation is 1. The molecule has 0 saturated heterocycles. The van der Waals surface area contributed by atoms with Crippen molar-refractivity contribution in [2.75, 3.05) is 6.54 Å². The first kappa shape index (κ1) is 11.7. The molecular weight excluding hydrogens is 188 g/mol. The van der Waals surface area contributed by atoms with Crippen molar-refractivity contribution in [3.8, 4) is 6.07 Å². The molecule has 1 heterocycles. The normalized spacial score (nSPS) is 10.6. The van der Waals surface area contributed by atoms with Gasteiger partial charge in [0.25, 0.3) is 0 Å². The molecule has 0 radical (unpaired) electrons. The van der Waals surface area contributed by atoms with Gasteiger partial charge in [-0.25, -0.2) is 0 Å². The fraction of sp³-hybridized carbons (Fsp3) is 0.636. The Labute approximate surface area is 90.9 Å². The molecule has 1 rings (SSSR count). The maximum Gasteiger partial charge on any atom is 0.0694 e. The maximum absolute atomic E-state index is 8.40. The van der Waals surface area contributed by atoms with Crippen LogP contribution in [0.4, 0.5) is 0 Å². The molecule has 0 amide bonds. The Morgan fingerprint density at radius 1 is 1.60 bits per heavy atom. The van der Waals surface area contributed by atoms with Gasteiger partial charge in [0.15, 0.2) is 0 Å². The molecule has 0 bridgehead atoms. The molecule has 0 unspecified atom stereocenters. The van der Waals surface area contributed by atoms with Crippen molar-refractivity contribution >= 4 is 0 Å². The van der Waals surface area contributed by atoms with E-state index in [9.17, 15) is 0 Å². The van der Waals surface area contributed by atoms with E-state index in [1.54, 1.807) is 0 Å². The second-order valence-corrected chi connectivity index (χ2v) is 3.95. The third kappa shape index (κ3) is 3.37. The summed E-state index contributed by atoms with van der Waals surface area (Å²) in [6, 6.07) is 2.11. The minimum atomic E-state index is 0.443. The van der Waals surface area contributed by atoms with Gasteiger partial charge >= 0.3 is 0 Å². The van der Waals surface area contributed by atoms with E-state index in [1.807, 2.05) is 17.9 Å². The zero-order valence-electron chi connectivity index (χ0n) is 9.62. The van der Waals surface area contributed by atoms with Gasteiger partial charge in [-0.15, -0.1) is 0 Å². The monoisotopic (exact) mass is 206 g/mol. The lowest BCUT2D eigenvalue weighted by Crippen LogP contribution is -2.15. The van der Waals surface area contributed by atoms with Crippen LogP contribution in [-0.2, 0) is 13.6 Å². The van der Waals surface area contributed by atoms with Crippen molar-refractivity contribution in [2.24, 2.45) is 7.05 Å². The van der Waals surface area contributed by atoms with E-state index in [0.717, 1.165) is 18.8 Å². The summed E-state index contributed by atoms with van der Waals surface area (Å²) in [5.74, 6) is 0.443. The molecule has 82 valence electrons. The van der Waals surface area contributed by atoms with E-state index >= 15 is 0 Å². The number of nitrogens with one attached hydrogen (secondary N) is 1. The van der Waals surface area contributed by atoms with Crippen LogP contribution >= 0.6 is 0 Å². The molecule has 4 nitrogen and oxygen atoms in total. The van der Waals surface area contributed by atoms with Crippen molar-refractivity contribution in [3.63, 3.8) is 0 Å². The summed E-state index contributed by atoms with van der Waals surface area (Å²) in [6.45, 7) is 5.81. The quantitative estimate of drug-likeness (QED) is 0.744. The van der Waals surface area contributed by atoms with Gasteiger partial charge in [-0.3, -0.25) is 4.68 Å². The van der Waals surface area contributed by atoms with Crippen LogP contribution in [0.25, 0.3) is 0 Å².